The number of fused-ring (bicyclic) bond motifs is 6. The van der Waals surface area contributed by atoms with Crippen molar-refractivity contribution < 1.29 is 0 Å². The van der Waals surface area contributed by atoms with Crippen LogP contribution in [0.4, 0.5) is 40.2 Å². The van der Waals surface area contributed by atoms with Crippen LogP contribution in [-0.2, 0) is 5.41 Å². The van der Waals surface area contributed by atoms with E-state index in [2.05, 4.69) is 159 Å². The highest BCUT2D eigenvalue weighted by Crippen LogP contribution is 2.64. The van der Waals surface area contributed by atoms with Crippen LogP contribution < -0.4 is 19.6 Å². The molecule has 7 heteroatoms. The molecule has 0 bridgehead atoms. The number of nitrogens with zero attached hydrogens (tertiary/aromatic N) is 7. The first kappa shape index (κ1) is 33.0. The standard InChI is InChI=1S/C44H49N7/c1-8-31-19-14-16-23-35(31)50-38(49(32-20-12-11-13-21-32)41-40(50)46-29-34(47-41)30(4)5)26-27-44(10-3)42-48(7)37-25-18-28-45-39(37)51(42)36-24-17-15-22-33(36)43(44,6)9-2/h8,11-25,28-30,38,42H,1,9-10,26-27H2,2-7H3. The van der Waals surface area contributed by atoms with Crippen LogP contribution >= 0.6 is 0 Å². The molecule has 8 rings (SSSR count). The first-order valence-electron chi connectivity index (χ1n) is 18.6. The topological polar surface area (TPSA) is 51.6 Å². The zero-order valence-electron chi connectivity index (χ0n) is 30.8. The summed E-state index contributed by atoms with van der Waals surface area (Å²) in [5.41, 5.74) is 7.90. The lowest BCUT2D eigenvalue weighted by Crippen LogP contribution is -2.64. The number of anilines is 7. The van der Waals surface area contributed by atoms with E-state index < -0.39 is 0 Å². The highest BCUT2D eigenvalue weighted by Gasteiger charge is 2.62. The fourth-order valence-corrected chi connectivity index (χ4v) is 9.61. The molecule has 51 heavy (non-hydrogen) atoms. The Hall–Kier alpha value is -5.17. The number of aromatic nitrogens is 3. The Balaban J connectivity index is 1.32. The minimum absolute atomic E-state index is 0.0757. The molecule has 0 spiro atoms. The van der Waals surface area contributed by atoms with Crippen molar-refractivity contribution in [1.82, 2.24) is 15.0 Å². The van der Waals surface area contributed by atoms with Crippen molar-refractivity contribution in [1.29, 1.82) is 0 Å². The molecule has 0 N–H and O–H groups in total. The van der Waals surface area contributed by atoms with Gasteiger partial charge in [-0.3, -0.25) is 0 Å². The minimum Gasteiger partial charge on any atom is -0.350 e. The van der Waals surface area contributed by atoms with Gasteiger partial charge in [-0.05, 0) is 79.1 Å². The molecule has 3 aliphatic heterocycles. The smallest absolute Gasteiger partial charge is 0.178 e. The minimum atomic E-state index is -0.143. The number of rotatable bonds is 9. The number of para-hydroxylation sites is 3. The van der Waals surface area contributed by atoms with Gasteiger partial charge in [0.15, 0.2) is 17.5 Å². The fourth-order valence-electron chi connectivity index (χ4n) is 9.61. The average Bonchev–Trinajstić information content (AvgIpc) is 3.66. The van der Waals surface area contributed by atoms with Gasteiger partial charge in [0, 0.05) is 35.4 Å². The first-order chi connectivity index (χ1) is 24.8. The molecule has 0 fully saturated rings. The summed E-state index contributed by atoms with van der Waals surface area (Å²) in [4.78, 5) is 25.5. The Labute approximate surface area is 303 Å². The summed E-state index contributed by atoms with van der Waals surface area (Å²) in [5.74, 6) is 3.09. The van der Waals surface area contributed by atoms with Crippen LogP contribution in [0.25, 0.3) is 6.08 Å². The van der Waals surface area contributed by atoms with Gasteiger partial charge < -0.3 is 19.6 Å². The molecule has 5 aromatic rings. The maximum absolute atomic E-state index is 5.36. The molecule has 4 atom stereocenters. The lowest BCUT2D eigenvalue weighted by Gasteiger charge is -2.60. The van der Waals surface area contributed by atoms with E-state index in [9.17, 15) is 0 Å². The van der Waals surface area contributed by atoms with Gasteiger partial charge in [0.2, 0.25) is 0 Å². The lowest BCUT2D eigenvalue weighted by molar-refractivity contribution is 0.0571. The normalized spacial score (nSPS) is 23.3. The molecule has 5 heterocycles. The molecular weight excluding hydrogens is 627 g/mol. The van der Waals surface area contributed by atoms with Crippen molar-refractivity contribution in [3.63, 3.8) is 0 Å². The van der Waals surface area contributed by atoms with Gasteiger partial charge in [0.1, 0.15) is 12.3 Å². The van der Waals surface area contributed by atoms with Crippen LogP contribution in [-0.4, -0.2) is 34.3 Å². The van der Waals surface area contributed by atoms with Crippen LogP contribution in [0.5, 0.6) is 0 Å². The van der Waals surface area contributed by atoms with Crippen molar-refractivity contribution in [3.05, 3.63) is 127 Å². The van der Waals surface area contributed by atoms with E-state index in [1.54, 1.807) is 0 Å². The summed E-state index contributed by atoms with van der Waals surface area (Å²) in [6.45, 7) is 15.9. The van der Waals surface area contributed by atoms with Crippen molar-refractivity contribution >= 4 is 46.3 Å². The van der Waals surface area contributed by atoms with E-state index in [1.807, 2.05) is 18.5 Å². The highest BCUT2D eigenvalue weighted by atomic mass is 15.5. The number of hydrogen-bond donors (Lipinski definition) is 0. The zero-order valence-corrected chi connectivity index (χ0v) is 30.8. The second-order valence-corrected chi connectivity index (χ2v) is 14.9. The second kappa shape index (κ2) is 12.6. The Morgan fingerprint density at radius 2 is 1.47 bits per heavy atom. The van der Waals surface area contributed by atoms with Gasteiger partial charge >= 0.3 is 0 Å². The predicted molar refractivity (Wildman–Crippen MR) is 212 cm³/mol. The largest absolute Gasteiger partial charge is 0.350 e. The molecule has 260 valence electrons. The maximum atomic E-state index is 5.36. The first-order valence-corrected chi connectivity index (χ1v) is 18.6. The third kappa shape index (κ3) is 4.73. The molecular formula is C44H49N7. The summed E-state index contributed by atoms with van der Waals surface area (Å²) >= 11 is 0. The fraction of sp³-hybridized carbons (Fsp3) is 0.341. The molecule has 0 saturated carbocycles. The molecule has 4 unspecified atom stereocenters. The van der Waals surface area contributed by atoms with Crippen LogP contribution in [0.2, 0.25) is 0 Å². The Morgan fingerprint density at radius 1 is 0.765 bits per heavy atom. The monoisotopic (exact) mass is 675 g/mol. The third-order valence-electron chi connectivity index (χ3n) is 12.4. The summed E-state index contributed by atoms with van der Waals surface area (Å²) in [5, 5.41) is 0. The SMILES string of the molecule is C=Cc1ccccc1N1c2ncc(C(C)C)nc2N(c2ccccc2)C1CCC1(CC)C2N(C)c3cccnc3N2c2ccccc2C1(C)CC. The van der Waals surface area contributed by atoms with Crippen molar-refractivity contribution in [3.8, 4) is 0 Å². The maximum Gasteiger partial charge on any atom is 0.178 e. The Morgan fingerprint density at radius 3 is 2.20 bits per heavy atom. The van der Waals surface area contributed by atoms with Crippen molar-refractivity contribution in [2.45, 2.75) is 84.0 Å². The molecule has 3 aromatic carbocycles. The second-order valence-electron chi connectivity index (χ2n) is 14.9. The van der Waals surface area contributed by atoms with Crippen LogP contribution in [0.15, 0.2) is 110 Å². The Bertz CT molecular complexity index is 2080. The van der Waals surface area contributed by atoms with Gasteiger partial charge in [0.05, 0.1) is 23.3 Å². The van der Waals surface area contributed by atoms with E-state index in [0.717, 1.165) is 65.8 Å². The number of hydrogen-bond acceptors (Lipinski definition) is 7. The van der Waals surface area contributed by atoms with E-state index in [-0.39, 0.29) is 29.1 Å². The van der Waals surface area contributed by atoms with Gasteiger partial charge in [-0.2, -0.15) is 0 Å². The van der Waals surface area contributed by atoms with Gasteiger partial charge in [-0.1, -0.05) is 102 Å². The number of pyridine rings is 1. The number of benzene rings is 3. The van der Waals surface area contributed by atoms with Gasteiger partial charge in [-0.25, -0.2) is 15.0 Å². The van der Waals surface area contributed by atoms with Gasteiger partial charge in [-0.15, -0.1) is 0 Å². The summed E-state index contributed by atoms with van der Waals surface area (Å²) in [6.07, 6.45) is 9.76. The van der Waals surface area contributed by atoms with E-state index in [4.69, 9.17) is 15.0 Å². The quantitative estimate of drug-likeness (QED) is 0.154. The molecule has 2 aromatic heterocycles. The summed E-state index contributed by atoms with van der Waals surface area (Å²) in [7, 11) is 2.27. The van der Waals surface area contributed by atoms with Crippen molar-refractivity contribution in [2.75, 3.05) is 26.6 Å². The molecule has 7 nitrogen and oxygen atoms in total. The Kier molecular flexibility index (Phi) is 8.12. The van der Waals surface area contributed by atoms with Crippen LogP contribution in [0.3, 0.4) is 0 Å². The summed E-state index contributed by atoms with van der Waals surface area (Å²) < 4.78 is 0. The van der Waals surface area contributed by atoms with Crippen molar-refractivity contribution in [2.24, 2.45) is 5.41 Å². The van der Waals surface area contributed by atoms with Crippen LogP contribution in [0, 0.1) is 5.41 Å². The van der Waals surface area contributed by atoms with Gasteiger partial charge in [0.25, 0.3) is 0 Å². The molecule has 0 aliphatic carbocycles. The molecule has 0 saturated heterocycles. The molecule has 0 radical (unpaired) electrons. The molecule has 3 aliphatic rings. The molecule has 0 amide bonds. The third-order valence-corrected chi connectivity index (χ3v) is 12.4. The summed E-state index contributed by atoms with van der Waals surface area (Å²) in [6, 6.07) is 32.7. The van der Waals surface area contributed by atoms with E-state index >= 15 is 0 Å². The van der Waals surface area contributed by atoms with E-state index in [0.29, 0.717) is 0 Å². The zero-order chi connectivity index (χ0) is 35.5. The lowest BCUT2D eigenvalue weighted by atomic mass is 9.52. The van der Waals surface area contributed by atoms with E-state index in [1.165, 1.54) is 16.9 Å². The predicted octanol–water partition coefficient (Wildman–Crippen LogP) is 10.7. The average molecular weight is 676 g/mol. The van der Waals surface area contributed by atoms with Crippen LogP contribution in [0.1, 0.15) is 83.0 Å². The highest BCUT2D eigenvalue weighted by molar-refractivity contribution is 5.87.